The van der Waals surface area contributed by atoms with Crippen molar-refractivity contribution < 1.29 is 34.2 Å². The minimum absolute atomic E-state index is 0.0654. The molecular weight excluding hydrogens is 522 g/mol. The molecule has 0 aromatic heterocycles. The Morgan fingerprint density at radius 2 is 1.89 bits per heavy atom. The van der Waals surface area contributed by atoms with Crippen molar-refractivity contribution in [1.82, 2.24) is 10.2 Å². The molecule has 37 heavy (non-hydrogen) atoms. The number of esters is 1. The number of unbranched alkanes of at least 4 members (excludes halogenated alkanes) is 1. The summed E-state index contributed by atoms with van der Waals surface area (Å²) in [5.41, 5.74) is 1.03. The van der Waals surface area contributed by atoms with Crippen LogP contribution < -0.4 is 5.32 Å². The van der Waals surface area contributed by atoms with E-state index in [1.165, 1.54) is 4.90 Å². The first kappa shape index (κ1) is 29.1. The van der Waals surface area contributed by atoms with Crippen LogP contribution in [0.5, 0.6) is 0 Å². The number of aliphatic carboxylic acids is 1. The predicted octanol–water partition coefficient (Wildman–Crippen LogP) is 2.36. The van der Waals surface area contributed by atoms with E-state index in [1.807, 2.05) is 30.3 Å². The van der Waals surface area contributed by atoms with Crippen LogP contribution in [0.3, 0.4) is 0 Å². The molecule has 2 aliphatic heterocycles. The van der Waals surface area contributed by atoms with Gasteiger partial charge in [0.15, 0.2) is 0 Å². The van der Waals surface area contributed by atoms with Crippen LogP contribution >= 0.6 is 23.5 Å². The molecule has 204 valence electrons. The largest absolute Gasteiger partial charge is 0.480 e. The van der Waals surface area contributed by atoms with Crippen molar-refractivity contribution in [3.8, 4) is 0 Å². The zero-order chi connectivity index (χ0) is 26.8. The average molecular weight is 556 g/mol. The van der Waals surface area contributed by atoms with Crippen molar-refractivity contribution in [2.45, 2.75) is 61.2 Å². The van der Waals surface area contributed by atoms with Gasteiger partial charge in [-0.15, -0.1) is 33.6 Å². The van der Waals surface area contributed by atoms with Gasteiger partial charge < -0.3 is 19.6 Å². The summed E-state index contributed by atoms with van der Waals surface area (Å²) in [6.07, 6.45) is 2.10. The van der Waals surface area contributed by atoms with Gasteiger partial charge in [0.1, 0.15) is 12.1 Å². The summed E-state index contributed by atoms with van der Waals surface area (Å²) in [6, 6.07) is 7.13. The Morgan fingerprint density at radius 3 is 2.54 bits per heavy atom. The first-order chi connectivity index (χ1) is 17.7. The Hall–Kier alpha value is -2.51. The second-order valence-corrected chi connectivity index (χ2v) is 12.2. The zero-order valence-corrected chi connectivity index (χ0v) is 22.3. The first-order valence-corrected chi connectivity index (χ1v) is 14.2. The van der Waals surface area contributed by atoms with Crippen molar-refractivity contribution in [1.29, 1.82) is 0 Å². The van der Waals surface area contributed by atoms with E-state index in [4.69, 9.17) is 4.74 Å². The lowest BCUT2D eigenvalue weighted by Gasteiger charge is -2.28. The number of amides is 1. The maximum Gasteiger partial charge on any atom is 0.326 e. The van der Waals surface area contributed by atoms with E-state index >= 15 is 0 Å². The van der Waals surface area contributed by atoms with E-state index in [2.05, 4.69) is 10.2 Å². The maximum atomic E-state index is 13.4. The topological polar surface area (TPSA) is 148 Å². The Balaban J connectivity index is 1.61. The number of carboxylic acid groups (broad SMARTS) is 1. The summed E-state index contributed by atoms with van der Waals surface area (Å²) in [4.78, 5) is 54.1. The number of carboxylic acids is 1. The molecule has 0 aliphatic carbocycles. The van der Waals surface area contributed by atoms with Gasteiger partial charge in [-0.1, -0.05) is 30.3 Å². The summed E-state index contributed by atoms with van der Waals surface area (Å²) >= 11 is 3.42. The number of likely N-dealkylation sites (tertiary alicyclic amines) is 1. The molecule has 3 unspecified atom stereocenters. The fourth-order valence-electron chi connectivity index (χ4n) is 4.46. The molecule has 0 radical (unpaired) electrons. The van der Waals surface area contributed by atoms with E-state index < -0.39 is 35.2 Å². The van der Waals surface area contributed by atoms with E-state index in [9.17, 15) is 29.6 Å². The van der Waals surface area contributed by atoms with Gasteiger partial charge in [0.25, 0.3) is 5.09 Å². The van der Waals surface area contributed by atoms with Crippen LogP contribution in [0.15, 0.2) is 30.3 Å². The normalized spacial score (nSPS) is 19.9. The number of rotatable bonds is 14. The molecule has 2 fully saturated rings. The lowest BCUT2D eigenvalue weighted by atomic mass is 10.0. The van der Waals surface area contributed by atoms with Gasteiger partial charge in [0, 0.05) is 24.5 Å². The molecule has 3 atom stereocenters. The molecule has 1 amide bonds. The highest BCUT2D eigenvalue weighted by atomic mass is 32.2. The number of thioether (sulfide) groups is 2. The van der Waals surface area contributed by atoms with E-state index in [-0.39, 0.29) is 23.2 Å². The first-order valence-electron chi connectivity index (χ1n) is 12.3. The molecule has 2 saturated heterocycles. The third-order valence-electron chi connectivity index (χ3n) is 6.32. The molecule has 1 aromatic rings. The summed E-state index contributed by atoms with van der Waals surface area (Å²) in [7, 11) is 0. The van der Waals surface area contributed by atoms with Crippen LogP contribution in [0.1, 0.15) is 38.2 Å². The molecule has 3 rings (SSSR count). The van der Waals surface area contributed by atoms with Crippen molar-refractivity contribution >= 4 is 41.4 Å². The monoisotopic (exact) mass is 555 g/mol. The Labute approximate surface area is 224 Å². The summed E-state index contributed by atoms with van der Waals surface area (Å²) in [6.45, 7) is 1.98. The maximum absolute atomic E-state index is 13.4. The van der Waals surface area contributed by atoms with E-state index in [0.717, 1.165) is 17.1 Å². The third kappa shape index (κ3) is 8.50. The number of carbonyl (C=O) groups is 3. The van der Waals surface area contributed by atoms with Crippen LogP contribution in [0, 0.1) is 10.1 Å². The van der Waals surface area contributed by atoms with Gasteiger partial charge in [-0.2, -0.15) is 0 Å². The lowest BCUT2D eigenvalue weighted by molar-refractivity contribution is -0.757. The number of ether oxygens (including phenoxy) is 1. The molecule has 1 spiro atoms. The molecule has 1 aromatic carbocycles. The summed E-state index contributed by atoms with van der Waals surface area (Å²) in [5.74, 6) is -0.0460. The van der Waals surface area contributed by atoms with Gasteiger partial charge in [0.2, 0.25) is 5.91 Å². The molecule has 0 saturated carbocycles. The molecule has 2 N–H and O–H groups in total. The zero-order valence-electron chi connectivity index (χ0n) is 20.7. The molecule has 13 heteroatoms. The van der Waals surface area contributed by atoms with Crippen molar-refractivity contribution in [2.24, 2.45) is 0 Å². The molecular formula is C24H33N3O8S2. The smallest absolute Gasteiger partial charge is 0.326 e. The van der Waals surface area contributed by atoms with Gasteiger partial charge in [0.05, 0.1) is 23.3 Å². The fourth-order valence-corrected chi connectivity index (χ4v) is 7.72. The fraction of sp³-hybridized carbons (Fsp3) is 0.625. The molecule has 2 aliphatic rings. The third-order valence-corrected chi connectivity index (χ3v) is 9.75. The van der Waals surface area contributed by atoms with Gasteiger partial charge >= 0.3 is 11.9 Å². The lowest BCUT2D eigenvalue weighted by Crippen LogP contribution is -2.53. The number of hydrogen-bond acceptors (Lipinski definition) is 10. The molecule has 2 heterocycles. The van der Waals surface area contributed by atoms with Crippen LogP contribution in [0.4, 0.5) is 0 Å². The summed E-state index contributed by atoms with van der Waals surface area (Å²) in [5, 5.41) is 22.2. The van der Waals surface area contributed by atoms with Crippen molar-refractivity contribution in [3.63, 3.8) is 0 Å². The van der Waals surface area contributed by atoms with Crippen LogP contribution in [-0.2, 0) is 30.4 Å². The minimum atomic E-state index is -1.02. The van der Waals surface area contributed by atoms with Gasteiger partial charge in [-0.25, -0.2) is 4.79 Å². The number of nitrogens with zero attached hydrogens (tertiary/aromatic N) is 2. The second-order valence-electron chi connectivity index (χ2n) is 9.03. The predicted molar refractivity (Wildman–Crippen MR) is 140 cm³/mol. The quantitative estimate of drug-likeness (QED) is 0.151. The van der Waals surface area contributed by atoms with Crippen molar-refractivity contribution in [3.05, 3.63) is 46.0 Å². The van der Waals surface area contributed by atoms with Gasteiger partial charge in [-0.05, 0) is 38.2 Å². The Kier molecular flexibility index (Phi) is 10.9. The Morgan fingerprint density at radius 1 is 1.22 bits per heavy atom. The van der Waals surface area contributed by atoms with E-state index in [0.29, 0.717) is 38.6 Å². The minimum Gasteiger partial charge on any atom is -0.480 e. The van der Waals surface area contributed by atoms with Crippen LogP contribution in [0.2, 0.25) is 0 Å². The number of aryl methyl sites for hydroxylation is 1. The van der Waals surface area contributed by atoms with Crippen molar-refractivity contribution in [2.75, 3.05) is 31.3 Å². The molecule has 11 nitrogen and oxygen atoms in total. The highest BCUT2D eigenvalue weighted by Crippen LogP contribution is 2.51. The molecule has 0 bridgehead atoms. The SMILES string of the molecule is CC(NC(CCc1ccccc1)C(=O)OCCCCO[N+](=O)[O-])C(=O)N1CC2(CC1C(=O)O)SCCS2. The van der Waals surface area contributed by atoms with E-state index in [1.54, 1.807) is 30.4 Å². The Bertz CT molecular complexity index is 945. The summed E-state index contributed by atoms with van der Waals surface area (Å²) < 4.78 is 5.10. The van der Waals surface area contributed by atoms with Gasteiger partial charge in [-0.3, -0.25) is 14.9 Å². The highest BCUT2D eigenvalue weighted by Gasteiger charge is 2.52. The number of nitrogens with one attached hydrogen (secondary N) is 1. The second kappa shape index (κ2) is 13.9. The van der Waals surface area contributed by atoms with Crippen LogP contribution in [-0.4, -0.2) is 86.4 Å². The van der Waals surface area contributed by atoms with Crippen LogP contribution in [0.25, 0.3) is 0 Å². The standard InChI is InChI=1S/C24H33N3O8S2/c1-17(21(28)26-16-24(36-13-14-37-24)15-20(26)22(29)30)25-19(10-9-18-7-3-2-4-8-18)23(31)34-11-5-6-12-35-27(32)33/h2-4,7-8,17,19-20,25H,5-6,9-16H2,1H3,(H,29,30). The average Bonchev–Trinajstić information content (AvgIpc) is 3.50. The number of benzene rings is 1. The number of hydrogen-bond donors (Lipinski definition) is 2. The number of carbonyl (C=O) groups excluding carboxylic acids is 2. The highest BCUT2D eigenvalue weighted by molar-refractivity contribution is 8.21.